The van der Waals surface area contributed by atoms with Gasteiger partial charge in [-0.2, -0.15) is 0 Å². The highest BCUT2D eigenvalue weighted by Crippen LogP contribution is 2.61. The molecular weight excluding hydrogens is 645 g/mol. The Kier molecular flexibility index (Phi) is 6.32. The summed E-state index contributed by atoms with van der Waals surface area (Å²) in [6.07, 6.45) is 0.843. The lowest BCUT2D eigenvalue weighted by molar-refractivity contribution is -0.105. The normalized spacial score (nSPS) is 14.9. The molecule has 0 radical (unpaired) electrons. The van der Waals surface area contributed by atoms with Gasteiger partial charge in [-0.05, 0) is 91.5 Å². The molecule has 11 rings (SSSR count). The monoisotopic (exact) mass is 676 g/mol. The van der Waals surface area contributed by atoms with Gasteiger partial charge >= 0.3 is 0 Å². The fraction of sp³-hybridized carbons (Fsp3) is 0.0200. The van der Waals surface area contributed by atoms with Crippen LogP contribution in [0.1, 0.15) is 22.3 Å². The summed E-state index contributed by atoms with van der Waals surface area (Å²) < 4.78 is 2.46. The third-order valence-electron chi connectivity index (χ3n) is 11.5. The molecule has 1 aliphatic carbocycles. The van der Waals surface area contributed by atoms with E-state index in [0.717, 1.165) is 67.9 Å². The van der Waals surface area contributed by atoms with Crippen molar-refractivity contribution >= 4 is 33.9 Å². The molecule has 0 saturated heterocycles. The summed E-state index contributed by atoms with van der Waals surface area (Å²) in [5.74, 6) is 0. The van der Waals surface area contributed by atoms with E-state index in [2.05, 4.69) is 192 Å². The fourth-order valence-electron chi connectivity index (χ4n) is 9.44. The molecular formula is C50H32N2O. The molecule has 2 bridgehead atoms. The van der Waals surface area contributed by atoms with Crippen molar-refractivity contribution in [1.29, 1.82) is 0 Å². The first-order valence-electron chi connectivity index (χ1n) is 18.1. The van der Waals surface area contributed by atoms with Gasteiger partial charge in [0.15, 0.2) is 0 Å². The summed E-state index contributed by atoms with van der Waals surface area (Å²) in [5, 5.41) is 5.73. The molecule has 8 aromatic carbocycles. The molecule has 1 aromatic heterocycles. The lowest BCUT2D eigenvalue weighted by Crippen LogP contribution is -2.37. The van der Waals surface area contributed by atoms with Gasteiger partial charge in [-0.15, -0.1) is 0 Å². The number of aromatic nitrogens is 1. The van der Waals surface area contributed by atoms with Crippen LogP contribution >= 0.6 is 0 Å². The maximum Gasteiger partial charge on any atom is 0.211 e. The zero-order valence-corrected chi connectivity index (χ0v) is 28.8. The van der Waals surface area contributed by atoms with E-state index in [1.54, 1.807) is 0 Å². The minimum Gasteiger partial charge on any atom is -0.328 e. The summed E-state index contributed by atoms with van der Waals surface area (Å²) in [7, 11) is 0. The van der Waals surface area contributed by atoms with Crippen molar-refractivity contribution < 1.29 is 4.79 Å². The van der Waals surface area contributed by atoms with Crippen molar-refractivity contribution in [2.45, 2.75) is 5.41 Å². The van der Waals surface area contributed by atoms with Crippen molar-refractivity contribution in [3.63, 3.8) is 0 Å². The number of carbonyl (C=O) groups excluding carboxylic acids is 1. The first kappa shape index (κ1) is 29.7. The fourth-order valence-corrected chi connectivity index (χ4v) is 9.44. The number of amides is 1. The largest absolute Gasteiger partial charge is 0.328 e. The minimum absolute atomic E-state index is 0.819. The van der Waals surface area contributed by atoms with Gasteiger partial charge in [0.2, 0.25) is 6.41 Å². The molecule has 53 heavy (non-hydrogen) atoms. The lowest BCUT2D eigenvalue weighted by Gasteiger charge is -2.45. The molecule has 2 heterocycles. The Bertz CT molecular complexity index is 2940. The molecule has 1 amide bonds. The number of hydrogen-bond acceptors (Lipinski definition) is 1. The quantitative estimate of drug-likeness (QED) is 0.185. The summed E-state index contributed by atoms with van der Waals surface area (Å²) in [4.78, 5) is 12.9. The average molecular weight is 677 g/mol. The molecule has 1 atom stereocenters. The number of fused-ring (bicyclic) bond motifs is 15. The van der Waals surface area contributed by atoms with Crippen LogP contribution in [0.4, 0.5) is 5.69 Å². The van der Waals surface area contributed by atoms with Crippen molar-refractivity contribution in [3.8, 4) is 50.2 Å². The summed E-state index contributed by atoms with van der Waals surface area (Å²) >= 11 is 0. The number of rotatable bonds is 4. The van der Waals surface area contributed by atoms with Crippen LogP contribution in [0.3, 0.4) is 0 Å². The van der Waals surface area contributed by atoms with E-state index >= 15 is 0 Å². The SMILES string of the molecule is O=CNc1c2cc(-c3ccccc3)cc1C1(c3cc(-c4ccccc4)ccc3-c3ccccc3-2)c2ccccc2-n2c3ccccc3c3cccc1c32. The Morgan fingerprint density at radius 3 is 1.85 bits per heavy atom. The number of hydrogen-bond donors (Lipinski definition) is 1. The Hall–Kier alpha value is -6.97. The van der Waals surface area contributed by atoms with Crippen molar-refractivity contribution in [1.82, 2.24) is 4.57 Å². The topological polar surface area (TPSA) is 34.0 Å². The first-order chi connectivity index (χ1) is 26.3. The highest BCUT2D eigenvalue weighted by atomic mass is 16.1. The highest BCUT2D eigenvalue weighted by molar-refractivity contribution is 6.13. The zero-order valence-electron chi connectivity index (χ0n) is 28.8. The van der Waals surface area contributed by atoms with Crippen LogP contribution in [0.15, 0.2) is 182 Å². The van der Waals surface area contributed by atoms with Gasteiger partial charge in [0.05, 0.1) is 27.8 Å². The number of carbonyl (C=O) groups is 1. The van der Waals surface area contributed by atoms with E-state index in [4.69, 9.17) is 0 Å². The number of anilines is 1. The van der Waals surface area contributed by atoms with Crippen LogP contribution in [0, 0.1) is 0 Å². The van der Waals surface area contributed by atoms with Crippen LogP contribution in [-0.4, -0.2) is 11.0 Å². The summed E-state index contributed by atoms with van der Waals surface area (Å²) in [6, 6.07) is 65.9. The molecule has 9 aromatic rings. The minimum atomic E-state index is -0.848. The Morgan fingerprint density at radius 2 is 1.06 bits per heavy atom. The van der Waals surface area contributed by atoms with E-state index in [9.17, 15) is 4.79 Å². The second-order valence-corrected chi connectivity index (χ2v) is 14.1. The summed E-state index contributed by atoms with van der Waals surface area (Å²) in [5.41, 5.74) is 16.9. The van der Waals surface area contributed by atoms with E-state index in [-0.39, 0.29) is 0 Å². The number of nitrogens with zero attached hydrogens (tertiary/aromatic N) is 1. The van der Waals surface area contributed by atoms with Crippen molar-refractivity contribution in [2.24, 2.45) is 0 Å². The van der Waals surface area contributed by atoms with E-state index in [1.807, 2.05) is 0 Å². The van der Waals surface area contributed by atoms with Crippen molar-refractivity contribution in [2.75, 3.05) is 5.32 Å². The maximum atomic E-state index is 12.9. The molecule has 1 N–H and O–H groups in total. The number of nitrogens with one attached hydrogen (secondary N) is 1. The predicted octanol–water partition coefficient (Wildman–Crippen LogP) is 12.0. The van der Waals surface area contributed by atoms with Gasteiger partial charge in [-0.3, -0.25) is 4.79 Å². The van der Waals surface area contributed by atoms with E-state index in [1.165, 1.54) is 38.5 Å². The van der Waals surface area contributed by atoms with Gasteiger partial charge in [0.25, 0.3) is 0 Å². The number of benzene rings is 8. The zero-order chi connectivity index (χ0) is 35.1. The molecule has 0 fully saturated rings. The first-order valence-corrected chi connectivity index (χ1v) is 18.1. The number of para-hydroxylation sites is 3. The molecule has 1 unspecified atom stereocenters. The van der Waals surface area contributed by atoms with Gasteiger partial charge < -0.3 is 9.88 Å². The van der Waals surface area contributed by atoms with Crippen LogP contribution in [0.25, 0.3) is 72.0 Å². The molecule has 3 heteroatoms. The van der Waals surface area contributed by atoms with Gasteiger partial charge in [0.1, 0.15) is 0 Å². The van der Waals surface area contributed by atoms with Crippen molar-refractivity contribution in [3.05, 3.63) is 204 Å². The Balaban J connectivity index is 1.43. The van der Waals surface area contributed by atoms with E-state index < -0.39 is 5.41 Å². The van der Waals surface area contributed by atoms with Crippen LogP contribution < -0.4 is 5.32 Å². The molecule has 1 aliphatic heterocycles. The highest BCUT2D eigenvalue weighted by Gasteiger charge is 2.49. The molecule has 0 saturated carbocycles. The van der Waals surface area contributed by atoms with Crippen LogP contribution in [0.2, 0.25) is 0 Å². The smallest absolute Gasteiger partial charge is 0.211 e. The van der Waals surface area contributed by atoms with Gasteiger partial charge in [0, 0.05) is 16.3 Å². The van der Waals surface area contributed by atoms with Crippen LogP contribution in [-0.2, 0) is 10.2 Å². The van der Waals surface area contributed by atoms with E-state index in [0.29, 0.717) is 0 Å². The standard InChI is InChI=1S/C50H32N2O/c53-31-51-48-41-28-35(33-16-5-2-6-17-33)30-45(48)50(44-29-34(32-14-3-1-4-15-32)26-27-38(44)36-18-7-8-19-37(36)41)42-22-10-12-25-47(42)52-46-24-11-9-20-39(46)40-21-13-23-43(50)49(40)52/h1-31H,(H,51,53). The molecule has 248 valence electrons. The van der Waals surface area contributed by atoms with Gasteiger partial charge in [-0.1, -0.05) is 152 Å². The van der Waals surface area contributed by atoms with Gasteiger partial charge in [-0.25, -0.2) is 0 Å². The second-order valence-electron chi connectivity index (χ2n) is 14.1. The molecule has 1 spiro atoms. The molecule has 3 nitrogen and oxygen atoms in total. The maximum absolute atomic E-state index is 12.9. The Labute approximate surface area is 307 Å². The Morgan fingerprint density at radius 1 is 0.434 bits per heavy atom. The summed E-state index contributed by atoms with van der Waals surface area (Å²) in [6.45, 7) is 0. The molecule has 2 aliphatic rings. The third kappa shape index (κ3) is 4.02. The lowest BCUT2D eigenvalue weighted by atomic mass is 9.59. The third-order valence-corrected chi connectivity index (χ3v) is 11.5. The second kappa shape index (κ2) is 11.3. The predicted molar refractivity (Wildman–Crippen MR) is 218 cm³/mol. The average Bonchev–Trinajstić information content (AvgIpc) is 3.57. The van der Waals surface area contributed by atoms with Crippen LogP contribution in [0.5, 0.6) is 0 Å².